The standard InChI is InChI=1S/C50H58N4O7/c1-27(2)16-18-53-39-13-12-36-45-31(21-40(57)47(36)60-42(39)25-52-4)7-6-8-38-30(9-14-43(51)54-38)19-29-15-17-50(23-29)24-32-20-33(56)22-41(58-5)44(32)35-11-10-34-37(26-59-28(3)55)48(45)61-49(34)46(35)50/h9-14,20-22,27,29,37,39,42-43,48,52-54,56-57H,7,15-19,23-26,51H2,1-5H3. The van der Waals surface area contributed by atoms with E-state index in [4.69, 9.17) is 24.7 Å². The van der Waals surface area contributed by atoms with Gasteiger partial charge in [0.2, 0.25) is 0 Å². The molecule has 1 spiro atoms. The molecule has 4 heterocycles. The Morgan fingerprint density at radius 3 is 2.75 bits per heavy atom. The van der Waals surface area contributed by atoms with Crippen molar-refractivity contribution < 1.29 is 34.0 Å². The largest absolute Gasteiger partial charge is 0.508 e. The molecule has 0 radical (unpaired) electrons. The molecule has 0 saturated heterocycles. The van der Waals surface area contributed by atoms with Crippen LogP contribution in [0.3, 0.4) is 0 Å². The van der Waals surface area contributed by atoms with Crippen LogP contribution < -0.4 is 35.9 Å². The number of carbonyl (C=O) groups is 1. The summed E-state index contributed by atoms with van der Waals surface area (Å²) in [5.41, 5.74) is 15.5. The molecule has 4 aliphatic heterocycles. The van der Waals surface area contributed by atoms with Gasteiger partial charge in [0, 0.05) is 59.2 Å². The minimum absolute atomic E-state index is 0.0235. The van der Waals surface area contributed by atoms with Gasteiger partial charge in [0.1, 0.15) is 36.1 Å². The third kappa shape index (κ3) is 7.53. The zero-order chi connectivity index (χ0) is 42.6. The number of nitrogens with one attached hydrogen (secondary N) is 3. The van der Waals surface area contributed by atoms with E-state index in [0.717, 1.165) is 94.6 Å². The van der Waals surface area contributed by atoms with Gasteiger partial charge in [-0.15, -0.1) is 0 Å². The van der Waals surface area contributed by atoms with Crippen molar-refractivity contribution in [1.29, 1.82) is 0 Å². The quantitative estimate of drug-likeness (QED) is 0.0998. The smallest absolute Gasteiger partial charge is 0.302 e. The summed E-state index contributed by atoms with van der Waals surface area (Å²) in [6, 6.07) is 9.50. The van der Waals surface area contributed by atoms with Crippen molar-refractivity contribution in [3.05, 3.63) is 93.2 Å². The highest BCUT2D eigenvalue weighted by Crippen LogP contribution is 2.63. The summed E-state index contributed by atoms with van der Waals surface area (Å²) < 4.78 is 26.2. The molecule has 0 aromatic heterocycles. The fourth-order valence-corrected chi connectivity index (χ4v) is 10.9. The second-order valence-corrected chi connectivity index (χ2v) is 18.2. The summed E-state index contributed by atoms with van der Waals surface area (Å²) in [5.74, 6) is 9.03. The minimum Gasteiger partial charge on any atom is -0.508 e. The first-order valence-corrected chi connectivity index (χ1v) is 21.9. The van der Waals surface area contributed by atoms with Crippen molar-refractivity contribution >= 4 is 12.0 Å². The van der Waals surface area contributed by atoms with Crippen molar-refractivity contribution in [3.8, 4) is 51.7 Å². The van der Waals surface area contributed by atoms with Crippen LogP contribution in [0.1, 0.15) is 98.3 Å². The number of likely N-dealkylation sites (N-methyl/N-ethyl adjacent to an activating group) is 1. The summed E-state index contributed by atoms with van der Waals surface area (Å²) in [6.45, 7) is 7.31. The number of dihydropyridines is 1. The van der Waals surface area contributed by atoms with Crippen LogP contribution in [0.15, 0.2) is 59.8 Å². The molecule has 11 nitrogen and oxygen atoms in total. The molecular formula is C50H58N4O7. The van der Waals surface area contributed by atoms with Gasteiger partial charge in [0.25, 0.3) is 0 Å². The minimum atomic E-state index is -0.630. The first kappa shape index (κ1) is 41.0. The van der Waals surface area contributed by atoms with Crippen LogP contribution in [0.4, 0.5) is 0 Å². The Hall–Kier alpha value is -5.41. The van der Waals surface area contributed by atoms with Crippen molar-refractivity contribution in [2.75, 3.05) is 33.9 Å². The molecule has 61 heavy (non-hydrogen) atoms. The number of esters is 1. The van der Waals surface area contributed by atoms with Gasteiger partial charge in [0.15, 0.2) is 11.5 Å². The highest BCUT2D eigenvalue weighted by molar-refractivity contribution is 5.84. The number of hydrogen-bond donors (Lipinski definition) is 6. The van der Waals surface area contributed by atoms with Gasteiger partial charge in [-0.1, -0.05) is 50.1 Å². The number of phenolic OH excluding ortho intramolecular Hbond substituents is 2. The molecule has 3 aromatic carbocycles. The normalized spacial score (nSPS) is 26.5. The van der Waals surface area contributed by atoms with Gasteiger partial charge < -0.3 is 50.8 Å². The van der Waals surface area contributed by atoms with E-state index in [0.29, 0.717) is 48.3 Å². The van der Waals surface area contributed by atoms with E-state index in [1.165, 1.54) is 6.92 Å². The lowest BCUT2D eigenvalue weighted by atomic mass is 9.65. The molecule has 0 amide bonds. The fraction of sp³-hybridized carbons (Fsp3) is 0.460. The van der Waals surface area contributed by atoms with Gasteiger partial charge >= 0.3 is 5.97 Å². The Morgan fingerprint density at radius 2 is 1.97 bits per heavy atom. The monoisotopic (exact) mass is 826 g/mol. The summed E-state index contributed by atoms with van der Waals surface area (Å²) in [6.07, 6.45) is 12.7. The van der Waals surface area contributed by atoms with E-state index in [2.05, 4.69) is 72.0 Å². The van der Waals surface area contributed by atoms with Crippen molar-refractivity contribution in [2.24, 2.45) is 17.6 Å². The maximum atomic E-state index is 12.6. The van der Waals surface area contributed by atoms with E-state index in [9.17, 15) is 15.0 Å². The van der Waals surface area contributed by atoms with E-state index < -0.39 is 12.0 Å². The molecule has 9 rings (SSSR count). The van der Waals surface area contributed by atoms with Gasteiger partial charge in [-0.25, -0.2) is 0 Å². The number of rotatable bonds is 9. The summed E-state index contributed by atoms with van der Waals surface area (Å²) >= 11 is 0. The van der Waals surface area contributed by atoms with Crippen LogP contribution in [0, 0.1) is 23.7 Å². The Labute approximate surface area is 358 Å². The second kappa shape index (κ2) is 16.5. The molecule has 11 heteroatoms. The molecule has 6 aliphatic rings. The van der Waals surface area contributed by atoms with Crippen molar-refractivity contribution in [1.82, 2.24) is 16.0 Å². The van der Waals surface area contributed by atoms with Crippen LogP contribution >= 0.6 is 0 Å². The number of methoxy groups -OCH3 is 1. The molecule has 7 atom stereocenters. The maximum absolute atomic E-state index is 12.6. The van der Waals surface area contributed by atoms with Crippen LogP contribution in [0.2, 0.25) is 0 Å². The Morgan fingerprint density at radius 1 is 1.11 bits per heavy atom. The number of fused-ring (bicyclic) bond motifs is 8. The van der Waals surface area contributed by atoms with Crippen LogP contribution in [0.5, 0.6) is 28.7 Å². The number of benzene rings is 3. The van der Waals surface area contributed by atoms with Crippen LogP contribution in [-0.2, 0) is 27.8 Å². The second-order valence-electron chi connectivity index (χ2n) is 18.2. The Balaban J connectivity index is 1.29. The molecule has 7 unspecified atom stereocenters. The molecular weight excluding hydrogens is 769 g/mol. The predicted molar refractivity (Wildman–Crippen MR) is 236 cm³/mol. The lowest BCUT2D eigenvalue weighted by Crippen LogP contribution is -2.46. The number of carbonyl (C=O) groups excluding carboxylic acids is 1. The average Bonchev–Trinajstić information content (AvgIpc) is 3.73. The predicted octanol–water partition coefficient (Wildman–Crippen LogP) is 6.79. The first-order valence-electron chi connectivity index (χ1n) is 21.9. The number of ether oxygens (including phenoxy) is 4. The maximum Gasteiger partial charge on any atom is 0.302 e. The molecule has 3 aromatic rings. The Kier molecular flexibility index (Phi) is 11.1. The molecule has 7 N–H and O–H groups in total. The molecule has 2 aliphatic carbocycles. The highest BCUT2D eigenvalue weighted by atomic mass is 16.5. The lowest BCUT2D eigenvalue weighted by molar-refractivity contribution is -0.141. The van der Waals surface area contributed by atoms with Gasteiger partial charge in [0.05, 0.1) is 30.9 Å². The van der Waals surface area contributed by atoms with E-state index in [1.807, 2.05) is 19.2 Å². The van der Waals surface area contributed by atoms with Gasteiger partial charge in [-0.2, -0.15) is 0 Å². The highest BCUT2D eigenvalue weighted by Gasteiger charge is 2.51. The molecule has 1 fully saturated rings. The lowest BCUT2D eigenvalue weighted by Gasteiger charge is -2.39. The number of hydrogen-bond acceptors (Lipinski definition) is 11. The zero-order valence-electron chi connectivity index (χ0n) is 35.8. The summed E-state index contributed by atoms with van der Waals surface area (Å²) in [4.78, 5) is 12.6. The number of phenols is 2. The first-order chi connectivity index (χ1) is 29.5. The molecule has 4 bridgehead atoms. The zero-order valence-corrected chi connectivity index (χ0v) is 35.8. The molecule has 1 saturated carbocycles. The van der Waals surface area contributed by atoms with Crippen LogP contribution in [-0.4, -0.2) is 68.3 Å². The third-order valence-electron chi connectivity index (χ3n) is 13.6. The fourth-order valence-electron chi connectivity index (χ4n) is 10.9. The number of allylic oxidation sites excluding steroid dienone is 3. The van der Waals surface area contributed by atoms with E-state index in [-0.39, 0.29) is 47.8 Å². The van der Waals surface area contributed by atoms with E-state index >= 15 is 0 Å². The van der Waals surface area contributed by atoms with Crippen molar-refractivity contribution in [2.45, 2.75) is 101 Å². The number of aromatic hydroxyl groups is 2. The summed E-state index contributed by atoms with van der Waals surface area (Å²) in [7, 11) is 3.55. The average molecular weight is 827 g/mol. The van der Waals surface area contributed by atoms with Crippen LogP contribution in [0.25, 0.3) is 17.2 Å². The Bertz CT molecular complexity index is 2410. The van der Waals surface area contributed by atoms with E-state index in [1.54, 1.807) is 19.2 Å². The number of nitrogens with two attached hydrogens (primary N) is 1. The topological polar surface area (TPSA) is 157 Å². The van der Waals surface area contributed by atoms with Gasteiger partial charge in [-0.3, -0.25) is 4.79 Å². The third-order valence-corrected chi connectivity index (χ3v) is 13.6. The molecule has 320 valence electrons. The SMILES string of the molecule is CNCC1Oc2c(O)cc3c(c2C=CC1NCCC(C)C)C1Oc2c(ccc4c2C2(CCC(CC5=C(C#CC3)NC(N)C=C5)C2)Cc2cc(O)cc(OC)c2-4)C1COC(C)=O. The summed E-state index contributed by atoms with van der Waals surface area (Å²) in [5, 5.41) is 33.3. The van der Waals surface area contributed by atoms with Gasteiger partial charge in [-0.05, 0) is 110 Å². The van der Waals surface area contributed by atoms with Crippen molar-refractivity contribution in [3.63, 3.8) is 0 Å².